The molecule has 102 valence electrons. The van der Waals surface area contributed by atoms with Gasteiger partial charge in [0.1, 0.15) is 0 Å². The largest absolute Gasteiger partial charge is 0.380 e. The number of halogens is 1. The van der Waals surface area contributed by atoms with Crippen LogP contribution in [0.3, 0.4) is 0 Å². The molecule has 0 fully saturated rings. The third kappa shape index (κ3) is 6.50. The average molecular weight is 315 g/mol. The SMILES string of the molecule is CCOCCNCCN(C)Cc1ccccc1Br. The molecule has 1 aromatic carbocycles. The van der Waals surface area contributed by atoms with E-state index in [-0.39, 0.29) is 0 Å². The van der Waals surface area contributed by atoms with Gasteiger partial charge >= 0.3 is 0 Å². The molecule has 1 N–H and O–H groups in total. The van der Waals surface area contributed by atoms with Crippen LogP contribution in [0, 0.1) is 0 Å². The van der Waals surface area contributed by atoms with Crippen molar-refractivity contribution < 1.29 is 4.74 Å². The molecule has 1 rings (SSSR count). The Bertz CT molecular complexity index is 333. The van der Waals surface area contributed by atoms with Crippen LogP contribution in [0.1, 0.15) is 12.5 Å². The molecule has 0 aliphatic carbocycles. The molecule has 0 aromatic heterocycles. The zero-order chi connectivity index (χ0) is 13.2. The highest BCUT2D eigenvalue weighted by atomic mass is 79.9. The Hall–Kier alpha value is -0.420. The molecular formula is C14H23BrN2O. The van der Waals surface area contributed by atoms with E-state index in [2.05, 4.69) is 51.4 Å². The van der Waals surface area contributed by atoms with E-state index in [1.165, 1.54) is 10.0 Å². The summed E-state index contributed by atoms with van der Waals surface area (Å²) in [5, 5.41) is 3.37. The summed E-state index contributed by atoms with van der Waals surface area (Å²) in [6, 6.07) is 8.36. The summed E-state index contributed by atoms with van der Waals surface area (Å²) < 4.78 is 6.45. The van der Waals surface area contributed by atoms with E-state index in [9.17, 15) is 0 Å². The highest BCUT2D eigenvalue weighted by Crippen LogP contribution is 2.16. The maximum absolute atomic E-state index is 5.27. The number of rotatable bonds is 9. The summed E-state index contributed by atoms with van der Waals surface area (Å²) in [5.74, 6) is 0. The molecule has 0 aliphatic rings. The average Bonchev–Trinajstić information content (AvgIpc) is 2.36. The fraction of sp³-hybridized carbons (Fsp3) is 0.571. The van der Waals surface area contributed by atoms with Crippen molar-refractivity contribution in [2.75, 3.05) is 39.9 Å². The molecule has 0 bridgehead atoms. The summed E-state index contributed by atoms with van der Waals surface area (Å²) in [5.41, 5.74) is 1.33. The number of likely N-dealkylation sites (N-methyl/N-ethyl adjacent to an activating group) is 1. The van der Waals surface area contributed by atoms with Gasteiger partial charge in [0.25, 0.3) is 0 Å². The van der Waals surface area contributed by atoms with Gasteiger partial charge in [0, 0.05) is 37.3 Å². The lowest BCUT2D eigenvalue weighted by atomic mass is 10.2. The van der Waals surface area contributed by atoms with Gasteiger partial charge in [-0.2, -0.15) is 0 Å². The van der Waals surface area contributed by atoms with E-state index < -0.39 is 0 Å². The first-order valence-corrected chi connectivity index (χ1v) is 7.23. The van der Waals surface area contributed by atoms with Gasteiger partial charge in [0.05, 0.1) is 6.61 Å². The number of nitrogens with one attached hydrogen (secondary N) is 1. The summed E-state index contributed by atoms with van der Waals surface area (Å²) in [6.07, 6.45) is 0. The van der Waals surface area contributed by atoms with Gasteiger partial charge in [0.15, 0.2) is 0 Å². The van der Waals surface area contributed by atoms with Crippen molar-refractivity contribution in [1.29, 1.82) is 0 Å². The first-order chi connectivity index (χ1) is 8.74. The molecule has 0 heterocycles. The van der Waals surface area contributed by atoms with Crippen LogP contribution in [0.4, 0.5) is 0 Å². The Morgan fingerprint density at radius 2 is 2.06 bits per heavy atom. The van der Waals surface area contributed by atoms with Crippen molar-refractivity contribution in [3.8, 4) is 0 Å². The summed E-state index contributed by atoms with van der Waals surface area (Å²) in [6.45, 7) is 7.53. The highest BCUT2D eigenvalue weighted by Gasteiger charge is 2.02. The van der Waals surface area contributed by atoms with Gasteiger partial charge in [-0.3, -0.25) is 0 Å². The molecule has 0 radical (unpaired) electrons. The van der Waals surface area contributed by atoms with Crippen LogP contribution in [0.25, 0.3) is 0 Å². The fourth-order valence-corrected chi connectivity index (χ4v) is 2.09. The maximum Gasteiger partial charge on any atom is 0.0590 e. The molecule has 0 aliphatic heterocycles. The second-order valence-corrected chi connectivity index (χ2v) is 5.13. The molecule has 0 saturated heterocycles. The Kier molecular flexibility index (Phi) is 8.25. The summed E-state index contributed by atoms with van der Waals surface area (Å²) >= 11 is 3.58. The van der Waals surface area contributed by atoms with E-state index in [0.717, 1.165) is 39.4 Å². The first-order valence-electron chi connectivity index (χ1n) is 6.44. The van der Waals surface area contributed by atoms with Crippen molar-refractivity contribution in [2.24, 2.45) is 0 Å². The van der Waals surface area contributed by atoms with Crippen molar-refractivity contribution >= 4 is 15.9 Å². The van der Waals surface area contributed by atoms with Gasteiger partial charge in [-0.1, -0.05) is 34.1 Å². The molecule has 0 amide bonds. The van der Waals surface area contributed by atoms with Crippen LogP contribution < -0.4 is 5.32 Å². The van der Waals surface area contributed by atoms with E-state index in [4.69, 9.17) is 4.74 Å². The Morgan fingerprint density at radius 1 is 1.28 bits per heavy atom. The molecule has 4 heteroatoms. The number of benzene rings is 1. The predicted octanol–water partition coefficient (Wildman–Crippen LogP) is 2.51. The van der Waals surface area contributed by atoms with Crippen LogP contribution >= 0.6 is 15.9 Å². The monoisotopic (exact) mass is 314 g/mol. The van der Waals surface area contributed by atoms with Crippen LogP contribution in [0.5, 0.6) is 0 Å². The van der Waals surface area contributed by atoms with E-state index in [0.29, 0.717) is 0 Å². The zero-order valence-corrected chi connectivity index (χ0v) is 12.9. The van der Waals surface area contributed by atoms with Gasteiger partial charge in [-0.05, 0) is 25.6 Å². The van der Waals surface area contributed by atoms with Crippen molar-refractivity contribution in [1.82, 2.24) is 10.2 Å². The van der Waals surface area contributed by atoms with Crippen molar-refractivity contribution in [2.45, 2.75) is 13.5 Å². The van der Waals surface area contributed by atoms with Crippen LogP contribution in [-0.2, 0) is 11.3 Å². The number of nitrogens with zero attached hydrogens (tertiary/aromatic N) is 1. The summed E-state index contributed by atoms with van der Waals surface area (Å²) in [4.78, 5) is 2.31. The van der Waals surface area contributed by atoms with Gasteiger partial charge < -0.3 is 15.0 Å². The molecule has 0 spiro atoms. The molecule has 0 saturated carbocycles. The highest BCUT2D eigenvalue weighted by molar-refractivity contribution is 9.10. The third-order valence-electron chi connectivity index (χ3n) is 2.70. The van der Waals surface area contributed by atoms with Gasteiger partial charge in [-0.15, -0.1) is 0 Å². The fourth-order valence-electron chi connectivity index (χ4n) is 1.68. The molecule has 18 heavy (non-hydrogen) atoms. The van der Waals surface area contributed by atoms with Crippen molar-refractivity contribution in [3.05, 3.63) is 34.3 Å². The van der Waals surface area contributed by atoms with Crippen molar-refractivity contribution in [3.63, 3.8) is 0 Å². The Balaban J connectivity index is 2.14. The molecule has 3 nitrogen and oxygen atoms in total. The lowest BCUT2D eigenvalue weighted by Gasteiger charge is -2.17. The van der Waals surface area contributed by atoms with Crippen LogP contribution in [0.15, 0.2) is 28.7 Å². The van der Waals surface area contributed by atoms with Crippen LogP contribution in [0.2, 0.25) is 0 Å². The number of hydrogen-bond acceptors (Lipinski definition) is 3. The standard InChI is InChI=1S/C14H23BrN2O/c1-3-18-11-9-16-8-10-17(2)12-13-6-4-5-7-14(13)15/h4-7,16H,3,8-12H2,1-2H3. The van der Waals surface area contributed by atoms with Gasteiger partial charge in [-0.25, -0.2) is 0 Å². The quantitative estimate of drug-likeness (QED) is 0.709. The van der Waals surface area contributed by atoms with E-state index >= 15 is 0 Å². The predicted molar refractivity (Wildman–Crippen MR) is 79.8 cm³/mol. The normalized spacial score (nSPS) is 11.1. The molecular weight excluding hydrogens is 292 g/mol. The smallest absolute Gasteiger partial charge is 0.0590 e. The lowest BCUT2D eigenvalue weighted by Crippen LogP contribution is -2.30. The number of hydrogen-bond donors (Lipinski definition) is 1. The van der Waals surface area contributed by atoms with E-state index in [1.807, 2.05) is 13.0 Å². The minimum atomic E-state index is 0.795. The first kappa shape index (κ1) is 15.6. The molecule has 0 atom stereocenters. The third-order valence-corrected chi connectivity index (χ3v) is 3.47. The maximum atomic E-state index is 5.27. The van der Waals surface area contributed by atoms with Gasteiger partial charge in [0.2, 0.25) is 0 Å². The number of ether oxygens (including phenoxy) is 1. The molecule has 0 unspecified atom stereocenters. The lowest BCUT2D eigenvalue weighted by molar-refractivity contribution is 0.148. The second kappa shape index (κ2) is 9.50. The topological polar surface area (TPSA) is 24.5 Å². The minimum absolute atomic E-state index is 0.795. The molecule has 1 aromatic rings. The van der Waals surface area contributed by atoms with Crippen LogP contribution in [-0.4, -0.2) is 44.8 Å². The Labute approximate surface area is 119 Å². The second-order valence-electron chi connectivity index (χ2n) is 4.28. The Morgan fingerprint density at radius 3 is 2.78 bits per heavy atom. The zero-order valence-electron chi connectivity index (χ0n) is 11.3. The summed E-state index contributed by atoms with van der Waals surface area (Å²) in [7, 11) is 2.14. The minimum Gasteiger partial charge on any atom is -0.380 e. The van der Waals surface area contributed by atoms with E-state index in [1.54, 1.807) is 0 Å².